The fourth-order valence-corrected chi connectivity index (χ4v) is 6.65. The normalized spacial score (nSPS) is 13.5. The molecular weight excluding hydrogens is 480 g/mol. The van der Waals surface area contributed by atoms with Gasteiger partial charge < -0.3 is 10.6 Å². The predicted octanol–water partition coefficient (Wildman–Crippen LogP) is 0.795. The maximum Gasteiger partial charge on any atom is 0.289 e. The first-order chi connectivity index (χ1) is 15.9. The number of hydrogen-bond acceptors (Lipinski definition) is 7. The van der Waals surface area contributed by atoms with E-state index < -0.39 is 60.1 Å². The van der Waals surface area contributed by atoms with Crippen molar-refractivity contribution >= 4 is 37.3 Å². The van der Waals surface area contributed by atoms with Gasteiger partial charge in [0.15, 0.2) is 24.9 Å². The molecule has 0 spiro atoms. The van der Waals surface area contributed by atoms with Gasteiger partial charge in [-0.3, -0.25) is 14.4 Å². The molecule has 0 aliphatic rings. The third kappa shape index (κ3) is 8.38. The molecule has 0 aliphatic carbocycles. The SMILES string of the molecule is CC[C@H](NC(=O)C(CS(=O)(=O)Cc1ccccc1)S(C)(=O)=O)C(=O)C(=O)NCc1ccccc1. The minimum atomic E-state index is -4.14. The summed E-state index contributed by atoms with van der Waals surface area (Å²) < 4.78 is 49.7. The standard InChI is InChI=1S/C23H28N2O7S2/c1-3-19(21(26)23(28)24-14-17-10-6-4-7-11-17)25-22(27)20(33(2,29)30)16-34(31,32)15-18-12-8-5-9-13-18/h4-13,19-20H,3,14-16H2,1-2H3,(H,24,28)(H,25,27)/t19-,20?/m0/s1. The smallest absolute Gasteiger partial charge is 0.289 e. The summed E-state index contributed by atoms with van der Waals surface area (Å²) in [5, 5.41) is 2.78. The van der Waals surface area contributed by atoms with Crippen molar-refractivity contribution in [1.29, 1.82) is 0 Å². The third-order valence-electron chi connectivity index (χ3n) is 5.00. The Morgan fingerprint density at radius 2 is 1.38 bits per heavy atom. The van der Waals surface area contributed by atoms with Crippen LogP contribution in [0.3, 0.4) is 0 Å². The molecule has 0 radical (unpaired) electrons. The van der Waals surface area contributed by atoms with Crippen LogP contribution < -0.4 is 10.6 Å². The van der Waals surface area contributed by atoms with Gasteiger partial charge in [0.25, 0.3) is 5.91 Å². The fraction of sp³-hybridized carbons (Fsp3) is 0.348. The third-order valence-corrected chi connectivity index (χ3v) is 8.24. The average Bonchev–Trinajstić information content (AvgIpc) is 2.79. The number of rotatable bonds is 12. The van der Waals surface area contributed by atoms with Crippen LogP contribution in [0.15, 0.2) is 60.7 Å². The van der Waals surface area contributed by atoms with E-state index in [2.05, 4.69) is 10.6 Å². The van der Waals surface area contributed by atoms with Crippen LogP contribution in [0.2, 0.25) is 0 Å². The summed E-state index contributed by atoms with van der Waals surface area (Å²) in [7, 11) is -8.12. The number of carbonyl (C=O) groups is 3. The lowest BCUT2D eigenvalue weighted by Gasteiger charge is -2.20. The van der Waals surface area contributed by atoms with E-state index >= 15 is 0 Å². The van der Waals surface area contributed by atoms with Crippen LogP contribution in [-0.4, -0.2) is 57.7 Å². The molecule has 2 aromatic carbocycles. The fourth-order valence-electron chi connectivity index (χ4n) is 3.15. The van der Waals surface area contributed by atoms with Gasteiger partial charge in [-0.25, -0.2) is 16.8 Å². The van der Waals surface area contributed by atoms with E-state index in [9.17, 15) is 31.2 Å². The molecule has 184 valence electrons. The Balaban J connectivity index is 2.08. The molecule has 0 saturated heterocycles. The van der Waals surface area contributed by atoms with Crippen LogP contribution in [-0.2, 0) is 46.4 Å². The molecule has 2 atom stereocenters. The summed E-state index contributed by atoms with van der Waals surface area (Å²) in [5.74, 6) is -4.42. The van der Waals surface area contributed by atoms with Crippen molar-refractivity contribution in [3.05, 3.63) is 71.8 Å². The first kappa shape index (κ1) is 27.2. The Morgan fingerprint density at radius 1 is 0.853 bits per heavy atom. The zero-order chi connectivity index (χ0) is 25.4. The van der Waals surface area contributed by atoms with E-state index in [1.165, 1.54) is 6.92 Å². The van der Waals surface area contributed by atoms with Crippen molar-refractivity contribution in [2.75, 3.05) is 12.0 Å². The van der Waals surface area contributed by atoms with Gasteiger partial charge in [-0.1, -0.05) is 67.6 Å². The highest BCUT2D eigenvalue weighted by Gasteiger charge is 2.36. The highest BCUT2D eigenvalue weighted by Crippen LogP contribution is 2.12. The molecule has 0 fully saturated rings. The van der Waals surface area contributed by atoms with Crippen molar-refractivity contribution in [1.82, 2.24) is 10.6 Å². The Labute approximate surface area is 199 Å². The van der Waals surface area contributed by atoms with Crippen LogP contribution in [0.1, 0.15) is 24.5 Å². The Kier molecular flexibility index (Phi) is 9.51. The average molecular weight is 509 g/mol. The molecule has 0 saturated carbocycles. The first-order valence-electron chi connectivity index (χ1n) is 10.5. The highest BCUT2D eigenvalue weighted by molar-refractivity contribution is 7.95. The summed E-state index contributed by atoms with van der Waals surface area (Å²) in [6, 6.07) is 15.7. The number of Topliss-reactive ketones (excluding diaryl/α,β-unsaturated/α-hetero) is 1. The summed E-state index contributed by atoms with van der Waals surface area (Å²) >= 11 is 0. The molecule has 1 unspecified atom stereocenters. The van der Waals surface area contributed by atoms with E-state index in [0.717, 1.165) is 11.8 Å². The molecule has 34 heavy (non-hydrogen) atoms. The molecule has 0 aliphatic heterocycles. The largest absolute Gasteiger partial charge is 0.345 e. The van der Waals surface area contributed by atoms with Gasteiger partial charge in [-0.2, -0.15) is 0 Å². The number of amides is 2. The summed E-state index contributed by atoms with van der Waals surface area (Å²) in [5.41, 5.74) is 1.22. The lowest BCUT2D eigenvalue weighted by Crippen LogP contribution is -2.52. The minimum absolute atomic E-state index is 0.0105. The zero-order valence-electron chi connectivity index (χ0n) is 18.9. The molecule has 9 nitrogen and oxygen atoms in total. The van der Waals surface area contributed by atoms with Gasteiger partial charge in [0.05, 0.1) is 17.5 Å². The first-order valence-corrected chi connectivity index (χ1v) is 14.3. The zero-order valence-corrected chi connectivity index (χ0v) is 20.6. The van der Waals surface area contributed by atoms with Crippen LogP contribution >= 0.6 is 0 Å². The van der Waals surface area contributed by atoms with Crippen LogP contribution in [0.5, 0.6) is 0 Å². The summed E-state index contributed by atoms with van der Waals surface area (Å²) in [6.07, 6.45) is 0.765. The molecule has 11 heteroatoms. The van der Waals surface area contributed by atoms with Gasteiger partial charge >= 0.3 is 0 Å². The minimum Gasteiger partial charge on any atom is -0.345 e. The van der Waals surface area contributed by atoms with Crippen LogP contribution in [0, 0.1) is 0 Å². The van der Waals surface area contributed by atoms with Gasteiger partial charge in [0, 0.05) is 12.8 Å². The lowest BCUT2D eigenvalue weighted by atomic mass is 10.1. The lowest BCUT2D eigenvalue weighted by molar-refractivity contribution is -0.140. The second-order valence-electron chi connectivity index (χ2n) is 7.86. The Hall–Kier alpha value is -3.05. The van der Waals surface area contributed by atoms with E-state index in [0.29, 0.717) is 5.56 Å². The quantitative estimate of drug-likeness (QED) is 0.404. The maximum absolute atomic E-state index is 12.8. The van der Waals surface area contributed by atoms with E-state index in [-0.39, 0.29) is 13.0 Å². The Bertz CT molecular complexity index is 1210. The second kappa shape index (κ2) is 11.9. The molecule has 0 heterocycles. The maximum atomic E-state index is 12.8. The number of hydrogen-bond donors (Lipinski definition) is 2. The predicted molar refractivity (Wildman–Crippen MR) is 128 cm³/mol. The van der Waals surface area contributed by atoms with Gasteiger partial charge in [0.1, 0.15) is 0 Å². The van der Waals surface area contributed by atoms with Gasteiger partial charge in [-0.05, 0) is 17.5 Å². The highest BCUT2D eigenvalue weighted by atomic mass is 32.2. The topological polar surface area (TPSA) is 144 Å². The van der Waals surface area contributed by atoms with Crippen LogP contribution in [0.25, 0.3) is 0 Å². The van der Waals surface area contributed by atoms with Crippen molar-refractivity contribution in [3.8, 4) is 0 Å². The molecule has 2 rings (SSSR count). The molecule has 0 aromatic heterocycles. The molecule has 2 N–H and O–H groups in total. The monoisotopic (exact) mass is 508 g/mol. The van der Waals surface area contributed by atoms with E-state index in [1.54, 1.807) is 60.7 Å². The summed E-state index contributed by atoms with van der Waals surface area (Å²) in [6.45, 7) is 1.63. The Morgan fingerprint density at radius 3 is 1.88 bits per heavy atom. The van der Waals surface area contributed by atoms with Crippen LogP contribution in [0.4, 0.5) is 0 Å². The molecular formula is C23H28N2O7S2. The van der Waals surface area contributed by atoms with E-state index in [4.69, 9.17) is 0 Å². The molecule has 2 amide bonds. The van der Waals surface area contributed by atoms with Gasteiger partial charge in [-0.15, -0.1) is 0 Å². The van der Waals surface area contributed by atoms with E-state index in [1.807, 2.05) is 0 Å². The van der Waals surface area contributed by atoms with Crippen molar-refractivity contribution in [2.45, 2.75) is 36.9 Å². The van der Waals surface area contributed by atoms with Gasteiger partial charge in [0.2, 0.25) is 11.7 Å². The number of ketones is 1. The number of nitrogens with one attached hydrogen (secondary N) is 2. The summed E-state index contributed by atoms with van der Waals surface area (Å²) in [4.78, 5) is 37.6. The number of sulfone groups is 2. The van der Waals surface area contributed by atoms with Crippen molar-refractivity contribution in [2.24, 2.45) is 0 Å². The molecule has 0 bridgehead atoms. The number of benzene rings is 2. The van der Waals surface area contributed by atoms with Crippen molar-refractivity contribution in [3.63, 3.8) is 0 Å². The van der Waals surface area contributed by atoms with Crippen molar-refractivity contribution < 1.29 is 31.2 Å². The second-order valence-corrected chi connectivity index (χ2v) is 12.2. The molecule has 2 aromatic rings. The number of carbonyl (C=O) groups excluding carboxylic acids is 3.